The lowest BCUT2D eigenvalue weighted by atomic mass is 10.1. The van der Waals surface area contributed by atoms with Crippen LogP contribution in [-0.2, 0) is 9.59 Å². The van der Waals surface area contributed by atoms with E-state index in [2.05, 4.69) is 21.2 Å². The molecule has 0 radical (unpaired) electrons. The molecule has 6 heteroatoms. The van der Waals surface area contributed by atoms with E-state index < -0.39 is 0 Å². The van der Waals surface area contributed by atoms with Gasteiger partial charge in [0, 0.05) is 35.5 Å². The lowest BCUT2D eigenvalue weighted by Crippen LogP contribution is -2.42. The minimum Gasteiger partial charge on any atom is -0.352 e. The summed E-state index contributed by atoms with van der Waals surface area (Å²) < 4.78 is 0.901. The van der Waals surface area contributed by atoms with E-state index in [1.54, 1.807) is 24.3 Å². The van der Waals surface area contributed by atoms with Crippen molar-refractivity contribution in [3.63, 3.8) is 0 Å². The summed E-state index contributed by atoms with van der Waals surface area (Å²) in [5.41, 5.74) is 0.585. The largest absolute Gasteiger partial charge is 0.352 e. The summed E-state index contributed by atoms with van der Waals surface area (Å²) in [6.45, 7) is 6.02. The molecular formula is C17H23BrN2O3. The van der Waals surface area contributed by atoms with Crippen molar-refractivity contribution in [3.8, 4) is 0 Å². The molecule has 0 saturated heterocycles. The Bertz CT molecular complexity index is 555. The van der Waals surface area contributed by atoms with Gasteiger partial charge in [-0.15, -0.1) is 0 Å². The lowest BCUT2D eigenvalue weighted by molar-refractivity contribution is -0.136. The molecule has 0 aromatic heterocycles. The molecule has 0 aliphatic rings. The molecule has 0 saturated carbocycles. The number of hydrogen-bond donors (Lipinski definition) is 1. The summed E-state index contributed by atoms with van der Waals surface area (Å²) in [6, 6.07) is 7.08. The Morgan fingerprint density at radius 1 is 1.13 bits per heavy atom. The highest BCUT2D eigenvalue weighted by Crippen LogP contribution is 2.13. The average Bonchev–Trinajstić information content (AvgIpc) is 2.49. The number of likely N-dealkylation sites (N-methyl/N-ethyl adjacent to an activating group) is 1. The Morgan fingerprint density at radius 2 is 1.74 bits per heavy atom. The van der Waals surface area contributed by atoms with Gasteiger partial charge in [0.2, 0.25) is 11.8 Å². The van der Waals surface area contributed by atoms with Crippen LogP contribution in [0.25, 0.3) is 0 Å². The number of Topliss-reactive ketones (excluding diaryl/α,β-unsaturated/α-hetero) is 1. The standard InChI is InChI=1S/C17H23BrN2O3/c1-4-20(11-16(22)19-12(2)3)17(23)10-9-15(21)13-5-7-14(18)8-6-13/h5-8,12H,4,9-11H2,1-3H3,(H,19,22). The summed E-state index contributed by atoms with van der Waals surface area (Å²) in [7, 11) is 0. The van der Waals surface area contributed by atoms with Gasteiger partial charge >= 0.3 is 0 Å². The van der Waals surface area contributed by atoms with Crippen LogP contribution in [0.4, 0.5) is 0 Å². The Labute approximate surface area is 145 Å². The molecule has 0 aliphatic heterocycles. The minimum absolute atomic E-state index is 0.0278. The predicted molar refractivity (Wildman–Crippen MR) is 93.2 cm³/mol. The summed E-state index contributed by atoms with van der Waals surface area (Å²) >= 11 is 3.31. The second-order valence-electron chi connectivity index (χ2n) is 5.56. The van der Waals surface area contributed by atoms with Crippen LogP contribution < -0.4 is 5.32 Å². The fourth-order valence-electron chi connectivity index (χ4n) is 2.08. The number of rotatable bonds is 8. The molecule has 0 spiro atoms. The third-order valence-corrected chi connectivity index (χ3v) is 3.78. The molecule has 5 nitrogen and oxygen atoms in total. The van der Waals surface area contributed by atoms with E-state index in [0.29, 0.717) is 12.1 Å². The number of carbonyl (C=O) groups is 3. The van der Waals surface area contributed by atoms with Gasteiger partial charge in [-0.25, -0.2) is 0 Å². The third-order valence-electron chi connectivity index (χ3n) is 3.25. The number of amides is 2. The van der Waals surface area contributed by atoms with Crippen LogP contribution in [0.3, 0.4) is 0 Å². The molecule has 1 N–H and O–H groups in total. The fourth-order valence-corrected chi connectivity index (χ4v) is 2.34. The van der Waals surface area contributed by atoms with Gasteiger partial charge in [0.1, 0.15) is 0 Å². The van der Waals surface area contributed by atoms with Crippen molar-refractivity contribution in [3.05, 3.63) is 34.3 Å². The van der Waals surface area contributed by atoms with Crippen molar-refractivity contribution in [2.45, 2.75) is 39.7 Å². The van der Waals surface area contributed by atoms with Crippen LogP contribution in [0.5, 0.6) is 0 Å². The molecule has 23 heavy (non-hydrogen) atoms. The minimum atomic E-state index is -0.186. The average molecular weight is 383 g/mol. The van der Waals surface area contributed by atoms with Crippen LogP contribution in [0.1, 0.15) is 44.0 Å². The summed E-state index contributed by atoms with van der Waals surface area (Å²) in [6.07, 6.45) is 0.250. The van der Waals surface area contributed by atoms with E-state index in [9.17, 15) is 14.4 Å². The molecule has 1 aromatic rings. The van der Waals surface area contributed by atoms with Gasteiger partial charge in [-0.2, -0.15) is 0 Å². The van der Waals surface area contributed by atoms with Gasteiger partial charge in [-0.1, -0.05) is 28.1 Å². The molecule has 0 aliphatic carbocycles. The smallest absolute Gasteiger partial charge is 0.239 e. The molecule has 126 valence electrons. The highest BCUT2D eigenvalue weighted by Gasteiger charge is 2.17. The van der Waals surface area contributed by atoms with Crippen molar-refractivity contribution in [1.82, 2.24) is 10.2 Å². The summed E-state index contributed by atoms with van der Waals surface area (Å²) in [5, 5.41) is 2.75. The number of benzene rings is 1. The van der Waals surface area contributed by atoms with E-state index >= 15 is 0 Å². The van der Waals surface area contributed by atoms with Crippen molar-refractivity contribution in [1.29, 1.82) is 0 Å². The SMILES string of the molecule is CCN(CC(=O)NC(C)C)C(=O)CCC(=O)c1ccc(Br)cc1. The number of carbonyl (C=O) groups excluding carboxylic acids is 3. The van der Waals surface area contributed by atoms with E-state index in [1.807, 2.05) is 20.8 Å². The first-order valence-corrected chi connectivity index (χ1v) is 8.48. The topological polar surface area (TPSA) is 66.5 Å². The molecule has 0 bridgehead atoms. The van der Waals surface area contributed by atoms with Gasteiger partial charge in [-0.3, -0.25) is 14.4 Å². The van der Waals surface area contributed by atoms with Gasteiger partial charge in [0.05, 0.1) is 6.54 Å². The van der Waals surface area contributed by atoms with Crippen molar-refractivity contribution in [2.24, 2.45) is 0 Å². The molecule has 0 atom stereocenters. The van der Waals surface area contributed by atoms with Crippen LogP contribution >= 0.6 is 15.9 Å². The van der Waals surface area contributed by atoms with E-state index in [0.717, 1.165) is 4.47 Å². The first-order chi connectivity index (χ1) is 10.8. The zero-order valence-corrected chi connectivity index (χ0v) is 15.4. The maximum atomic E-state index is 12.2. The number of hydrogen-bond acceptors (Lipinski definition) is 3. The quantitative estimate of drug-likeness (QED) is 0.702. The lowest BCUT2D eigenvalue weighted by Gasteiger charge is -2.21. The fraction of sp³-hybridized carbons (Fsp3) is 0.471. The van der Waals surface area contributed by atoms with E-state index in [1.165, 1.54) is 4.90 Å². The van der Waals surface area contributed by atoms with Crippen molar-refractivity contribution in [2.75, 3.05) is 13.1 Å². The zero-order chi connectivity index (χ0) is 17.4. The Hall–Kier alpha value is -1.69. The molecule has 0 unspecified atom stereocenters. The number of nitrogens with one attached hydrogen (secondary N) is 1. The zero-order valence-electron chi connectivity index (χ0n) is 13.8. The van der Waals surface area contributed by atoms with Crippen LogP contribution in [0.15, 0.2) is 28.7 Å². The number of nitrogens with zero attached hydrogens (tertiary/aromatic N) is 1. The van der Waals surface area contributed by atoms with E-state index in [-0.39, 0.29) is 43.0 Å². The Kier molecular flexibility index (Phi) is 7.95. The maximum absolute atomic E-state index is 12.2. The number of ketones is 1. The van der Waals surface area contributed by atoms with Gasteiger partial charge in [0.15, 0.2) is 5.78 Å². The first-order valence-electron chi connectivity index (χ1n) is 7.69. The van der Waals surface area contributed by atoms with Crippen LogP contribution in [-0.4, -0.2) is 41.6 Å². The van der Waals surface area contributed by atoms with Crippen LogP contribution in [0, 0.1) is 0 Å². The van der Waals surface area contributed by atoms with Crippen molar-refractivity contribution < 1.29 is 14.4 Å². The third kappa shape index (κ3) is 6.95. The molecule has 2 amide bonds. The molecular weight excluding hydrogens is 360 g/mol. The first kappa shape index (κ1) is 19.4. The van der Waals surface area contributed by atoms with Crippen LogP contribution in [0.2, 0.25) is 0 Å². The Morgan fingerprint density at radius 3 is 2.26 bits per heavy atom. The van der Waals surface area contributed by atoms with Gasteiger partial charge in [-0.05, 0) is 32.9 Å². The van der Waals surface area contributed by atoms with Gasteiger partial charge in [0.25, 0.3) is 0 Å². The monoisotopic (exact) mass is 382 g/mol. The van der Waals surface area contributed by atoms with Gasteiger partial charge < -0.3 is 10.2 Å². The second-order valence-corrected chi connectivity index (χ2v) is 6.48. The Balaban J connectivity index is 2.51. The van der Waals surface area contributed by atoms with E-state index in [4.69, 9.17) is 0 Å². The number of halogens is 1. The second kappa shape index (κ2) is 9.45. The molecule has 1 aromatic carbocycles. The highest BCUT2D eigenvalue weighted by molar-refractivity contribution is 9.10. The summed E-state index contributed by atoms with van der Waals surface area (Å²) in [5.74, 6) is -0.445. The molecule has 0 fully saturated rings. The predicted octanol–water partition coefficient (Wildman–Crippen LogP) is 2.79. The maximum Gasteiger partial charge on any atom is 0.239 e. The molecule has 0 heterocycles. The highest BCUT2D eigenvalue weighted by atomic mass is 79.9. The summed E-state index contributed by atoms with van der Waals surface area (Å²) in [4.78, 5) is 37.5. The molecule has 1 rings (SSSR count). The van der Waals surface area contributed by atoms with Crippen molar-refractivity contribution >= 4 is 33.5 Å². The normalized spacial score (nSPS) is 10.5.